The van der Waals surface area contributed by atoms with Crippen LogP contribution in [0.4, 0.5) is 15.2 Å². The molecule has 0 radical (unpaired) electrons. The monoisotopic (exact) mass is 511 g/mol. The van der Waals surface area contributed by atoms with Gasteiger partial charge in [0.25, 0.3) is 10.0 Å². The van der Waals surface area contributed by atoms with Gasteiger partial charge in [0.15, 0.2) is 5.13 Å². The number of amides is 1. The van der Waals surface area contributed by atoms with Crippen molar-refractivity contribution in [2.45, 2.75) is 18.2 Å². The minimum absolute atomic E-state index is 0.149. The number of ether oxygens (including phenoxy) is 1. The first kappa shape index (κ1) is 24.4. The maximum absolute atomic E-state index is 14.1. The summed E-state index contributed by atoms with van der Waals surface area (Å²) in [5.41, 5.74) is 2.37. The molecule has 1 heterocycles. The number of aryl methyl sites for hydroxylation is 1. The lowest BCUT2D eigenvalue weighted by Gasteiger charge is -2.13. The van der Waals surface area contributed by atoms with Gasteiger partial charge in [0, 0.05) is 0 Å². The Bertz CT molecular complexity index is 1470. The molecule has 0 saturated carbocycles. The van der Waals surface area contributed by atoms with E-state index < -0.39 is 20.7 Å². The van der Waals surface area contributed by atoms with Crippen LogP contribution in [0.3, 0.4) is 0 Å². The number of carbonyl (C=O) groups is 1. The average Bonchev–Trinajstić information content (AvgIpc) is 3.19. The summed E-state index contributed by atoms with van der Waals surface area (Å²) in [7, 11) is -2.79. The number of hydrogen-bond donors (Lipinski definition) is 2. The molecule has 1 amide bonds. The van der Waals surface area contributed by atoms with Crippen molar-refractivity contribution in [1.29, 1.82) is 0 Å². The van der Waals surface area contributed by atoms with Gasteiger partial charge in [-0.1, -0.05) is 53.8 Å². The van der Waals surface area contributed by atoms with Gasteiger partial charge in [-0.3, -0.25) is 9.52 Å². The number of carbonyl (C=O) groups excluding carboxylic acids is 1. The summed E-state index contributed by atoms with van der Waals surface area (Å²) in [5.74, 6) is -0.777. The number of sulfonamides is 1. The van der Waals surface area contributed by atoms with Gasteiger partial charge in [-0.2, -0.15) is 0 Å². The summed E-state index contributed by atoms with van der Waals surface area (Å²) in [6, 6.07) is 19.5. The highest BCUT2D eigenvalue weighted by molar-refractivity contribution is 7.92. The van der Waals surface area contributed by atoms with Crippen LogP contribution in [0.15, 0.2) is 77.7 Å². The molecular weight excluding hydrogens is 489 g/mol. The average molecular weight is 512 g/mol. The number of nitrogens with one attached hydrogen (secondary N) is 2. The van der Waals surface area contributed by atoms with Crippen LogP contribution < -0.4 is 14.8 Å². The number of hydrogen-bond acceptors (Lipinski definition) is 6. The Hall–Kier alpha value is -3.76. The van der Waals surface area contributed by atoms with E-state index >= 15 is 0 Å². The molecule has 0 bridgehead atoms. The van der Waals surface area contributed by atoms with Gasteiger partial charge < -0.3 is 10.1 Å². The molecule has 0 aliphatic heterocycles. The highest BCUT2D eigenvalue weighted by atomic mass is 32.2. The van der Waals surface area contributed by atoms with E-state index in [2.05, 4.69) is 15.0 Å². The smallest absolute Gasteiger partial charge is 0.264 e. The van der Waals surface area contributed by atoms with Crippen LogP contribution in [0.25, 0.3) is 10.4 Å². The fourth-order valence-corrected chi connectivity index (χ4v) is 5.57. The standard InChI is InChI=1S/C25H22FN3O4S2/c1-16-24(34-25(27-16)28-23(30)14-17-8-4-3-5-9-17)18-12-13-21(33-2)20(15-18)29-35(31,32)22-11-7-6-10-19(22)26/h3-13,15,29H,14H2,1-2H3,(H,27,28,30). The van der Waals surface area contributed by atoms with E-state index in [0.29, 0.717) is 16.4 Å². The summed E-state index contributed by atoms with van der Waals surface area (Å²) >= 11 is 1.27. The molecule has 0 saturated heterocycles. The fourth-order valence-electron chi connectivity index (χ4n) is 3.45. The molecule has 0 unspecified atom stereocenters. The van der Waals surface area contributed by atoms with Gasteiger partial charge in [-0.15, -0.1) is 0 Å². The topological polar surface area (TPSA) is 97.4 Å². The first-order chi connectivity index (χ1) is 16.8. The van der Waals surface area contributed by atoms with Crippen LogP contribution in [-0.2, 0) is 21.2 Å². The Balaban J connectivity index is 1.59. The molecule has 4 rings (SSSR count). The molecule has 0 aliphatic carbocycles. The molecule has 0 spiro atoms. The number of halogens is 1. The molecule has 35 heavy (non-hydrogen) atoms. The van der Waals surface area contributed by atoms with Gasteiger partial charge in [0.1, 0.15) is 16.5 Å². The summed E-state index contributed by atoms with van der Waals surface area (Å²) < 4.78 is 47.5. The number of anilines is 2. The first-order valence-corrected chi connectivity index (χ1v) is 12.8. The van der Waals surface area contributed by atoms with E-state index in [1.165, 1.54) is 36.6 Å². The summed E-state index contributed by atoms with van der Waals surface area (Å²) in [6.45, 7) is 1.80. The lowest BCUT2D eigenvalue weighted by molar-refractivity contribution is -0.115. The van der Waals surface area contributed by atoms with Gasteiger partial charge >= 0.3 is 0 Å². The van der Waals surface area contributed by atoms with Crippen molar-refractivity contribution in [2.75, 3.05) is 17.1 Å². The largest absolute Gasteiger partial charge is 0.495 e. The first-order valence-electron chi connectivity index (χ1n) is 10.5. The predicted molar refractivity (Wildman–Crippen MR) is 135 cm³/mol. The highest BCUT2D eigenvalue weighted by Gasteiger charge is 2.21. The van der Waals surface area contributed by atoms with Crippen molar-refractivity contribution in [3.05, 3.63) is 89.9 Å². The number of benzene rings is 3. The second-order valence-corrected chi connectivity index (χ2v) is 10.2. The van der Waals surface area contributed by atoms with Crippen LogP contribution in [0, 0.1) is 12.7 Å². The summed E-state index contributed by atoms with van der Waals surface area (Å²) in [4.78, 5) is 17.1. The van der Waals surface area contributed by atoms with E-state index in [4.69, 9.17) is 4.74 Å². The molecule has 0 atom stereocenters. The summed E-state index contributed by atoms with van der Waals surface area (Å²) in [5, 5.41) is 3.25. The quantitative estimate of drug-likeness (QED) is 0.337. The van der Waals surface area contributed by atoms with E-state index in [-0.39, 0.29) is 23.8 Å². The summed E-state index contributed by atoms with van der Waals surface area (Å²) in [6.07, 6.45) is 0.222. The van der Waals surface area contributed by atoms with Crippen molar-refractivity contribution >= 4 is 38.1 Å². The van der Waals surface area contributed by atoms with E-state index in [1.54, 1.807) is 25.1 Å². The van der Waals surface area contributed by atoms with E-state index in [9.17, 15) is 17.6 Å². The van der Waals surface area contributed by atoms with Gasteiger partial charge in [-0.25, -0.2) is 17.8 Å². The maximum Gasteiger partial charge on any atom is 0.264 e. The third-order valence-electron chi connectivity index (χ3n) is 5.08. The maximum atomic E-state index is 14.1. The molecule has 4 aromatic rings. The van der Waals surface area contributed by atoms with Gasteiger partial charge in [0.05, 0.1) is 29.8 Å². The second kappa shape index (κ2) is 10.2. The molecule has 2 N–H and O–H groups in total. The normalized spacial score (nSPS) is 11.2. The van der Waals surface area contributed by atoms with Crippen LogP contribution in [0.1, 0.15) is 11.3 Å². The zero-order chi connectivity index (χ0) is 25.0. The van der Waals surface area contributed by atoms with Crippen molar-refractivity contribution < 1.29 is 22.3 Å². The molecule has 180 valence electrons. The number of thiazole rings is 1. The Morgan fingerprint density at radius 3 is 2.49 bits per heavy atom. The van der Waals surface area contributed by atoms with E-state index in [0.717, 1.165) is 16.5 Å². The Morgan fingerprint density at radius 2 is 1.77 bits per heavy atom. The fraction of sp³-hybridized carbons (Fsp3) is 0.120. The molecule has 10 heteroatoms. The zero-order valence-corrected chi connectivity index (χ0v) is 20.5. The number of nitrogens with zero attached hydrogens (tertiary/aromatic N) is 1. The van der Waals surface area contributed by atoms with Gasteiger partial charge in [0.2, 0.25) is 5.91 Å². The number of aromatic nitrogens is 1. The third kappa shape index (κ3) is 5.67. The Morgan fingerprint density at radius 1 is 1.06 bits per heavy atom. The van der Waals surface area contributed by atoms with Crippen LogP contribution in [-0.4, -0.2) is 26.4 Å². The molecule has 0 aliphatic rings. The second-order valence-electron chi connectivity index (χ2n) is 7.60. The van der Waals surface area contributed by atoms with Crippen LogP contribution in [0.5, 0.6) is 5.75 Å². The lowest BCUT2D eigenvalue weighted by Crippen LogP contribution is -2.15. The minimum Gasteiger partial charge on any atom is -0.495 e. The number of rotatable bonds is 8. The predicted octanol–water partition coefficient (Wildman–Crippen LogP) is 5.25. The molecular formula is C25H22FN3O4S2. The van der Waals surface area contributed by atoms with Crippen LogP contribution >= 0.6 is 11.3 Å². The van der Waals surface area contributed by atoms with Crippen molar-refractivity contribution in [1.82, 2.24) is 4.98 Å². The highest BCUT2D eigenvalue weighted by Crippen LogP contribution is 2.37. The lowest BCUT2D eigenvalue weighted by atomic mass is 10.1. The zero-order valence-electron chi connectivity index (χ0n) is 18.9. The Labute approximate surface area is 206 Å². The van der Waals surface area contributed by atoms with Crippen molar-refractivity contribution in [2.24, 2.45) is 0 Å². The van der Waals surface area contributed by atoms with Crippen molar-refractivity contribution in [3.63, 3.8) is 0 Å². The van der Waals surface area contributed by atoms with Gasteiger partial charge in [-0.05, 0) is 48.4 Å². The molecule has 0 fully saturated rings. The molecule has 1 aromatic heterocycles. The Kier molecular flexibility index (Phi) is 7.13. The molecule has 3 aromatic carbocycles. The third-order valence-corrected chi connectivity index (χ3v) is 7.60. The SMILES string of the molecule is COc1ccc(-c2sc(NC(=O)Cc3ccccc3)nc2C)cc1NS(=O)(=O)c1ccccc1F. The number of methoxy groups -OCH3 is 1. The van der Waals surface area contributed by atoms with Crippen LogP contribution in [0.2, 0.25) is 0 Å². The van der Waals surface area contributed by atoms with Crippen molar-refractivity contribution in [3.8, 4) is 16.2 Å². The minimum atomic E-state index is -4.20. The van der Waals surface area contributed by atoms with E-state index in [1.807, 2.05) is 30.3 Å². The molecule has 7 nitrogen and oxygen atoms in total.